The predicted molar refractivity (Wildman–Crippen MR) is 110 cm³/mol. The zero-order chi connectivity index (χ0) is 20.4. The molecule has 150 valence electrons. The average molecular weight is 433 g/mol. The van der Waals surface area contributed by atoms with Crippen LogP contribution in [0.1, 0.15) is 23.4 Å². The van der Waals surface area contributed by atoms with E-state index in [0.717, 1.165) is 10.4 Å². The predicted octanol–water partition coefficient (Wildman–Crippen LogP) is 3.16. The minimum Gasteiger partial charge on any atom is -0.369 e. The van der Waals surface area contributed by atoms with Crippen molar-refractivity contribution in [3.63, 3.8) is 0 Å². The third kappa shape index (κ3) is 4.20. The number of halogens is 2. The molecule has 0 aliphatic heterocycles. The first kappa shape index (κ1) is 19.7. The number of nitrogens with one attached hydrogen (secondary N) is 1. The van der Waals surface area contributed by atoms with Gasteiger partial charge in [-0.3, -0.25) is 9.78 Å². The first-order valence-corrected chi connectivity index (χ1v) is 10.2. The van der Waals surface area contributed by atoms with Crippen LogP contribution in [0, 0.1) is 0 Å². The van der Waals surface area contributed by atoms with Crippen LogP contribution in [0.4, 0.5) is 10.3 Å². The number of aromatic nitrogens is 4. The number of nitrogens with zero attached hydrogens (tertiary/aromatic N) is 4. The lowest BCUT2D eigenvalue weighted by Gasteiger charge is -2.44. The van der Waals surface area contributed by atoms with Gasteiger partial charge in [-0.15, -0.1) is 11.3 Å². The van der Waals surface area contributed by atoms with Crippen LogP contribution in [-0.4, -0.2) is 38.6 Å². The van der Waals surface area contributed by atoms with Gasteiger partial charge in [0.2, 0.25) is 11.9 Å². The number of primary amides is 1. The van der Waals surface area contributed by atoms with Crippen LogP contribution in [-0.2, 0) is 16.6 Å². The molecular formula is C19H18ClFN6OS. The molecule has 1 aliphatic rings. The highest BCUT2D eigenvalue weighted by Gasteiger charge is 2.48. The highest BCUT2D eigenvalue weighted by atomic mass is 35.5. The fourth-order valence-corrected chi connectivity index (χ4v) is 4.68. The number of thiazole rings is 1. The van der Waals surface area contributed by atoms with Crippen molar-refractivity contribution in [2.45, 2.75) is 30.8 Å². The van der Waals surface area contributed by atoms with Crippen molar-refractivity contribution in [2.75, 3.05) is 11.9 Å². The van der Waals surface area contributed by atoms with Crippen molar-refractivity contribution in [2.24, 2.45) is 5.73 Å². The molecule has 4 rings (SSSR count). The van der Waals surface area contributed by atoms with Crippen LogP contribution in [0.5, 0.6) is 0 Å². The van der Waals surface area contributed by atoms with Crippen LogP contribution in [0.15, 0.2) is 36.9 Å². The summed E-state index contributed by atoms with van der Waals surface area (Å²) >= 11 is 7.67. The molecule has 10 heteroatoms. The zero-order valence-corrected chi connectivity index (χ0v) is 16.9. The average Bonchev–Trinajstić information content (AvgIpc) is 3.13. The van der Waals surface area contributed by atoms with Gasteiger partial charge < -0.3 is 11.1 Å². The smallest absolute Gasteiger partial charge is 0.222 e. The Bertz CT molecular complexity index is 1020. The molecule has 3 aromatic heterocycles. The van der Waals surface area contributed by atoms with Crippen LogP contribution < -0.4 is 11.1 Å². The van der Waals surface area contributed by atoms with E-state index >= 15 is 0 Å². The summed E-state index contributed by atoms with van der Waals surface area (Å²) in [5, 5.41) is 4.42. The molecule has 0 radical (unpaired) electrons. The summed E-state index contributed by atoms with van der Waals surface area (Å²) in [5.74, 6) is 0.0286. The Morgan fingerprint density at radius 1 is 1.28 bits per heavy atom. The highest BCUT2D eigenvalue weighted by Crippen LogP contribution is 2.46. The lowest BCUT2D eigenvalue weighted by molar-refractivity contribution is -0.117. The molecule has 1 aliphatic carbocycles. The van der Waals surface area contributed by atoms with Gasteiger partial charge in [0.25, 0.3) is 0 Å². The molecule has 3 aromatic rings. The first-order valence-electron chi connectivity index (χ1n) is 8.99. The van der Waals surface area contributed by atoms with Gasteiger partial charge in [0.15, 0.2) is 0 Å². The number of rotatable bonds is 7. The van der Waals surface area contributed by atoms with Gasteiger partial charge in [0, 0.05) is 47.2 Å². The number of pyridine rings is 1. The number of nitrogens with two attached hydrogens (primary N) is 1. The zero-order valence-electron chi connectivity index (χ0n) is 15.3. The van der Waals surface area contributed by atoms with Crippen molar-refractivity contribution in [3.05, 3.63) is 52.5 Å². The molecule has 3 heterocycles. The molecule has 0 atom stereocenters. The summed E-state index contributed by atoms with van der Waals surface area (Å²) in [6, 6.07) is 3.52. The number of carbonyl (C=O) groups excluding carboxylic acids is 1. The van der Waals surface area contributed by atoms with Crippen molar-refractivity contribution in [1.29, 1.82) is 0 Å². The van der Waals surface area contributed by atoms with Crippen LogP contribution in [0.3, 0.4) is 0 Å². The summed E-state index contributed by atoms with van der Waals surface area (Å²) in [6.07, 6.45) is 6.61. The number of carbonyl (C=O) groups is 1. The number of alkyl halides is 1. The summed E-state index contributed by atoms with van der Waals surface area (Å²) in [6.45, 7) is 0.434. The van der Waals surface area contributed by atoms with Crippen molar-refractivity contribution >= 4 is 34.8 Å². The van der Waals surface area contributed by atoms with E-state index in [-0.39, 0.29) is 6.42 Å². The van der Waals surface area contributed by atoms with Gasteiger partial charge >= 0.3 is 0 Å². The van der Waals surface area contributed by atoms with E-state index in [1.165, 1.54) is 11.3 Å². The van der Waals surface area contributed by atoms with Crippen molar-refractivity contribution in [1.82, 2.24) is 19.9 Å². The number of hydrogen-bond donors (Lipinski definition) is 2. The minimum absolute atomic E-state index is 0.159. The standard InChI is InChI=1S/C19H18ClFN6OS/c20-14-2-1-3-23-16(14)19(5-12(21)6-19)10-27-18-25-7-11(8-26-18)17-24-9-13(29-17)4-15(22)28/h1-3,7-9,12H,4-6,10H2,(H2,22,28)(H,25,26,27)/t12-,19-. The van der Waals surface area contributed by atoms with Gasteiger partial charge in [-0.25, -0.2) is 19.3 Å². The Morgan fingerprint density at radius 2 is 2.03 bits per heavy atom. The van der Waals surface area contributed by atoms with Gasteiger partial charge in [-0.1, -0.05) is 11.6 Å². The fourth-order valence-electron chi connectivity index (χ4n) is 3.46. The van der Waals surface area contributed by atoms with Crippen LogP contribution in [0.25, 0.3) is 10.6 Å². The van der Waals surface area contributed by atoms with Gasteiger partial charge in [0.1, 0.15) is 11.2 Å². The Hall–Kier alpha value is -2.65. The number of anilines is 1. The maximum absolute atomic E-state index is 13.7. The molecule has 0 unspecified atom stereocenters. The lowest BCUT2D eigenvalue weighted by atomic mass is 9.65. The van der Waals surface area contributed by atoms with Gasteiger partial charge in [-0.2, -0.15) is 0 Å². The monoisotopic (exact) mass is 432 g/mol. The molecular weight excluding hydrogens is 415 g/mol. The van der Waals surface area contributed by atoms with E-state index in [1.54, 1.807) is 36.9 Å². The minimum atomic E-state index is -0.863. The molecule has 0 aromatic carbocycles. The van der Waals surface area contributed by atoms with Gasteiger partial charge in [-0.05, 0) is 25.0 Å². The largest absolute Gasteiger partial charge is 0.369 e. The van der Waals surface area contributed by atoms with E-state index in [4.69, 9.17) is 17.3 Å². The maximum Gasteiger partial charge on any atom is 0.222 e. The SMILES string of the molecule is NC(=O)Cc1cnc(-c2cnc(NC[C@]3(c4ncccc4Cl)C[C@H](F)C3)nc2)s1. The normalized spacial score (nSPS) is 20.8. The van der Waals surface area contributed by atoms with Crippen molar-refractivity contribution in [3.8, 4) is 10.6 Å². The molecule has 1 amide bonds. The molecule has 3 N–H and O–H groups in total. The highest BCUT2D eigenvalue weighted by molar-refractivity contribution is 7.15. The second-order valence-electron chi connectivity index (χ2n) is 7.04. The molecule has 1 fully saturated rings. The van der Waals surface area contributed by atoms with E-state index in [0.29, 0.717) is 41.1 Å². The molecule has 0 saturated heterocycles. The molecule has 29 heavy (non-hydrogen) atoms. The Kier molecular flexibility index (Phi) is 5.42. The first-order chi connectivity index (χ1) is 13.9. The fraction of sp³-hybridized carbons (Fsp3) is 0.316. The Morgan fingerprint density at radius 3 is 2.69 bits per heavy atom. The lowest BCUT2D eigenvalue weighted by Crippen LogP contribution is -2.48. The third-order valence-corrected chi connectivity index (χ3v) is 6.22. The van der Waals surface area contributed by atoms with E-state index in [2.05, 4.69) is 25.3 Å². The second kappa shape index (κ2) is 8.00. The molecule has 0 spiro atoms. The Balaban J connectivity index is 1.45. The number of hydrogen-bond acceptors (Lipinski definition) is 7. The summed E-state index contributed by atoms with van der Waals surface area (Å²) in [7, 11) is 0. The maximum atomic E-state index is 13.7. The van der Waals surface area contributed by atoms with Crippen LogP contribution in [0.2, 0.25) is 5.02 Å². The van der Waals surface area contributed by atoms with Crippen molar-refractivity contribution < 1.29 is 9.18 Å². The Labute approximate surface area is 175 Å². The third-order valence-electron chi connectivity index (χ3n) is 4.87. The molecule has 1 saturated carbocycles. The van der Waals surface area contributed by atoms with E-state index in [1.807, 2.05) is 0 Å². The summed E-state index contributed by atoms with van der Waals surface area (Å²) < 4.78 is 13.7. The summed E-state index contributed by atoms with van der Waals surface area (Å²) in [5.41, 5.74) is 6.17. The summed E-state index contributed by atoms with van der Waals surface area (Å²) in [4.78, 5) is 29.1. The molecule has 0 bridgehead atoms. The molecule has 7 nitrogen and oxygen atoms in total. The van der Waals surface area contributed by atoms with Gasteiger partial charge in [0.05, 0.1) is 17.1 Å². The quantitative estimate of drug-likeness (QED) is 0.594. The van der Waals surface area contributed by atoms with Crippen LogP contribution >= 0.6 is 22.9 Å². The van der Waals surface area contributed by atoms with E-state index in [9.17, 15) is 9.18 Å². The topological polar surface area (TPSA) is 107 Å². The van der Waals surface area contributed by atoms with E-state index < -0.39 is 17.5 Å². The number of amides is 1. The second-order valence-corrected chi connectivity index (χ2v) is 8.57.